The molecule has 2 N–H and O–H groups in total. The summed E-state index contributed by atoms with van der Waals surface area (Å²) in [7, 11) is 0. The van der Waals surface area contributed by atoms with Gasteiger partial charge in [0.25, 0.3) is 0 Å². The largest absolute Gasteiger partial charge is 0.394 e. The predicted octanol–water partition coefficient (Wildman–Crippen LogP) is 0.0300. The van der Waals surface area contributed by atoms with Crippen LogP contribution in [0.1, 0.15) is 12.8 Å². The summed E-state index contributed by atoms with van der Waals surface area (Å²) < 4.78 is 10.7. The lowest BCUT2D eigenvalue weighted by Gasteiger charge is -2.08. The highest BCUT2D eigenvalue weighted by atomic mass is 16.7. The van der Waals surface area contributed by atoms with Gasteiger partial charge in [-0.2, -0.15) is 0 Å². The Hall–Kier alpha value is -0.420. The molecule has 0 aromatic heterocycles. The molecule has 0 radical (unpaired) electrons. The first-order chi connectivity index (χ1) is 6.88. The number of aliphatic hydroxyl groups excluding tert-OH is 1. The van der Waals surface area contributed by atoms with E-state index in [1.807, 2.05) is 0 Å². The third kappa shape index (κ3) is 2.54. The molecule has 0 saturated carbocycles. The topological polar surface area (TPSA) is 50.7 Å². The molecule has 0 aliphatic carbocycles. The molecule has 80 valence electrons. The lowest BCUT2D eigenvalue weighted by Crippen LogP contribution is -2.25. The second-order valence-corrected chi connectivity index (χ2v) is 3.70. The predicted molar refractivity (Wildman–Crippen MR) is 51.9 cm³/mol. The molecule has 2 aliphatic heterocycles. The van der Waals surface area contributed by atoms with Crippen LogP contribution in [0.2, 0.25) is 0 Å². The molecule has 1 atom stereocenters. The van der Waals surface area contributed by atoms with Crippen LogP contribution in [0.15, 0.2) is 11.6 Å². The van der Waals surface area contributed by atoms with Crippen LogP contribution in [0.3, 0.4) is 0 Å². The minimum Gasteiger partial charge on any atom is -0.394 e. The Labute approximate surface area is 83.9 Å². The van der Waals surface area contributed by atoms with E-state index in [-0.39, 0.29) is 18.9 Å². The maximum absolute atomic E-state index is 8.91. The van der Waals surface area contributed by atoms with E-state index in [4.69, 9.17) is 14.6 Å². The smallest absolute Gasteiger partial charge is 0.158 e. The van der Waals surface area contributed by atoms with Crippen molar-refractivity contribution in [1.29, 1.82) is 0 Å². The van der Waals surface area contributed by atoms with E-state index in [0.717, 1.165) is 32.6 Å². The SMILES string of the molecule is OC[C@@H]1C=C(CCC2OCCO2)CN1. The van der Waals surface area contributed by atoms with E-state index >= 15 is 0 Å². The zero-order valence-electron chi connectivity index (χ0n) is 8.24. The molecule has 0 aromatic carbocycles. The van der Waals surface area contributed by atoms with E-state index in [1.165, 1.54) is 5.57 Å². The zero-order chi connectivity index (χ0) is 9.80. The van der Waals surface area contributed by atoms with Crippen LogP contribution < -0.4 is 5.32 Å². The van der Waals surface area contributed by atoms with Gasteiger partial charge in [-0.15, -0.1) is 0 Å². The second-order valence-electron chi connectivity index (χ2n) is 3.70. The van der Waals surface area contributed by atoms with Crippen molar-refractivity contribution in [2.45, 2.75) is 25.2 Å². The number of hydrogen-bond acceptors (Lipinski definition) is 4. The summed E-state index contributed by atoms with van der Waals surface area (Å²) in [5.41, 5.74) is 1.35. The van der Waals surface area contributed by atoms with Crippen LogP contribution in [0.4, 0.5) is 0 Å². The van der Waals surface area contributed by atoms with Crippen LogP contribution in [0.5, 0.6) is 0 Å². The summed E-state index contributed by atoms with van der Waals surface area (Å²) in [5.74, 6) is 0. The molecule has 1 saturated heterocycles. The third-order valence-electron chi connectivity index (χ3n) is 2.62. The van der Waals surface area contributed by atoms with Gasteiger partial charge in [-0.25, -0.2) is 0 Å². The van der Waals surface area contributed by atoms with Crippen LogP contribution in [0, 0.1) is 0 Å². The summed E-state index contributed by atoms with van der Waals surface area (Å²) in [6, 6.07) is 0.149. The maximum atomic E-state index is 8.91. The average molecular weight is 199 g/mol. The molecule has 1 fully saturated rings. The number of aliphatic hydroxyl groups is 1. The van der Waals surface area contributed by atoms with Crippen LogP contribution in [-0.4, -0.2) is 43.8 Å². The number of rotatable bonds is 4. The quantitative estimate of drug-likeness (QED) is 0.627. The van der Waals surface area contributed by atoms with Gasteiger partial charge in [0, 0.05) is 19.0 Å². The Kier molecular flexibility index (Phi) is 3.53. The van der Waals surface area contributed by atoms with E-state index in [1.54, 1.807) is 0 Å². The molecule has 0 amide bonds. The standard InChI is InChI=1S/C10H17NO3/c12-7-9-5-8(6-11-9)1-2-10-13-3-4-14-10/h5,9-12H,1-4,6-7H2/t9-/m0/s1. The Morgan fingerprint density at radius 3 is 2.86 bits per heavy atom. The van der Waals surface area contributed by atoms with Crippen molar-refractivity contribution >= 4 is 0 Å². The van der Waals surface area contributed by atoms with E-state index in [0.29, 0.717) is 0 Å². The van der Waals surface area contributed by atoms with Crippen molar-refractivity contribution in [2.75, 3.05) is 26.4 Å². The molecule has 4 heteroatoms. The van der Waals surface area contributed by atoms with Gasteiger partial charge in [0.2, 0.25) is 0 Å². The average Bonchev–Trinajstić information content (AvgIpc) is 2.86. The van der Waals surface area contributed by atoms with Crippen molar-refractivity contribution in [2.24, 2.45) is 0 Å². The monoisotopic (exact) mass is 199 g/mol. The molecular formula is C10H17NO3. The minimum absolute atomic E-state index is 0.0101. The lowest BCUT2D eigenvalue weighted by molar-refractivity contribution is -0.0461. The van der Waals surface area contributed by atoms with Gasteiger partial charge >= 0.3 is 0 Å². The first-order valence-electron chi connectivity index (χ1n) is 5.15. The molecular weight excluding hydrogens is 182 g/mol. The molecule has 14 heavy (non-hydrogen) atoms. The van der Waals surface area contributed by atoms with Crippen molar-refractivity contribution in [3.8, 4) is 0 Å². The molecule has 2 rings (SSSR count). The van der Waals surface area contributed by atoms with Gasteiger partial charge in [0.15, 0.2) is 6.29 Å². The summed E-state index contributed by atoms with van der Waals surface area (Å²) in [5, 5.41) is 12.1. The van der Waals surface area contributed by atoms with Crippen LogP contribution >= 0.6 is 0 Å². The minimum atomic E-state index is -0.0101. The van der Waals surface area contributed by atoms with E-state index < -0.39 is 0 Å². The number of ether oxygens (including phenoxy) is 2. The van der Waals surface area contributed by atoms with Gasteiger partial charge in [-0.3, -0.25) is 0 Å². The van der Waals surface area contributed by atoms with E-state index in [2.05, 4.69) is 11.4 Å². The van der Waals surface area contributed by atoms with Gasteiger partial charge in [-0.05, 0) is 6.42 Å². The summed E-state index contributed by atoms with van der Waals surface area (Å²) in [6.45, 7) is 2.51. The van der Waals surface area contributed by atoms with Crippen molar-refractivity contribution in [1.82, 2.24) is 5.32 Å². The zero-order valence-corrected chi connectivity index (χ0v) is 8.24. The Morgan fingerprint density at radius 1 is 1.43 bits per heavy atom. The maximum Gasteiger partial charge on any atom is 0.158 e. The summed E-state index contributed by atoms with van der Waals surface area (Å²) in [6.07, 6.45) is 4.01. The molecule has 0 spiro atoms. The Balaban J connectivity index is 1.70. The van der Waals surface area contributed by atoms with Crippen molar-refractivity contribution in [3.63, 3.8) is 0 Å². The van der Waals surface area contributed by atoms with Crippen molar-refractivity contribution in [3.05, 3.63) is 11.6 Å². The summed E-state index contributed by atoms with van der Waals surface area (Å²) >= 11 is 0. The fourth-order valence-electron chi connectivity index (χ4n) is 1.83. The highest BCUT2D eigenvalue weighted by Crippen LogP contribution is 2.17. The Bertz CT molecular complexity index is 211. The molecule has 0 bridgehead atoms. The molecule has 4 nitrogen and oxygen atoms in total. The Morgan fingerprint density at radius 2 is 2.21 bits per heavy atom. The van der Waals surface area contributed by atoms with Crippen molar-refractivity contribution < 1.29 is 14.6 Å². The van der Waals surface area contributed by atoms with Gasteiger partial charge in [0.1, 0.15) is 0 Å². The van der Waals surface area contributed by atoms with Crippen LogP contribution in [-0.2, 0) is 9.47 Å². The van der Waals surface area contributed by atoms with Crippen LogP contribution in [0.25, 0.3) is 0 Å². The summed E-state index contributed by atoms with van der Waals surface area (Å²) in [4.78, 5) is 0. The fourth-order valence-corrected chi connectivity index (χ4v) is 1.83. The van der Waals surface area contributed by atoms with Gasteiger partial charge in [-0.1, -0.05) is 11.6 Å². The molecule has 0 aromatic rings. The van der Waals surface area contributed by atoms with Gasteiger partial charge < -0.3 is 19.9 Å². The lowest BCUT2D eigenvalue weighted by atomic mass is 10.1. The van der Waals surface area contributed by atoms with E-state index in [9.17, 15) is 0 Å². The third-order valence-corrected chi connectivity index (χ3v) is 2.62. The first kappa shape index (κ1) is 10.1. The molecule has 0 unspecified atom stereocenters. The normalized spacial score (nSPS) is 28.4. The highest BCUT2D eigenvalue weighted by molar-refractivity contribution is 5.15. The second kappa shape index (κ2) is 4.89. The fraction of sp³-hybridized carbons (Fsp3) is 0.800. The first-order valence-corrected chi connectivity index (χ1v) is 5.15. The molecule has 2 heterocycles. The molecule has 2 aliphatic rings. The number of nitrogens with one attached hydrogen (secondary N) is 1. The van der Waals surface area contributed by atoms with Gasteiger partial charge in [0.05, 0.1) is 19.8 Å². The number of hydrogen-bond donors (Lipinski definition) is 2. The highest BCUT2D eigenvalue weighted by Gasteiger charge is 2.18.